The van der Waals surface area contributed by atoms with Crippen LogP contribution < -0.4 is 15.4 Å². The van der Waals surface area contributed by atoms with Crippen LogP contribution in [0.4, 0.5) is 0 Å². The molecule has 7 heteroatoms. The third-order valence-corrected chi connectivity index (χ3v) is 10.7. The van der Waals surface area contributed by atoms with E-state index in [1.807, 2.05) is 30.3 Å². The van der Waals surface area contributed by atoms with Crippen molar-refractivity contribution in [2.75, 3.05) is 13.1 Å². The first-order valence-electron chi connectivity index (χ1n) is 14.0. The summed E-state index contributed by atoms with van der Waals surface area (Å²) in [6.45, 7) is 2.58. The molecule has 1 amide bonds. The molecule has 4 aliphatic heterocycles. The minimum absolute atomic E-state index is 0.0670. The molecular weight excluding hydrogens is 466 g/mol. The minimum Gasteiger partial charge on any atom is -0.504 e. The molecule has 5 fully saturated rings. The number of nitrogens with one attached hydrogen (secondary N) is 2. The lowest BCUT2D eigenvalue weighted by Crippen LogP contribution is -2.91. The highest BCUT2D eigenvalue weighted by Gasteiger charge is 2.80. The molecule has 194 valence electrons. The van der Waals surface area contributed by atoms with Gasteiger partial charge in [0.05, 0.1) is 5.41 Å². The standard InChI is InChI=1S/C30H35N3O4/c34-21-9-8-20-14-23-30-11-10-29(36,22(32-30)15-24(35)31-16-18-4-2-1-3-5-18)27-28(30,25(20)26(21)37-27)12-13-33(23)17-19-6-7-19/h1-5,8-9,19,22-23,27,32,34,36H,6-7,10-17H2,(H,31,35)/t22-,23?,27?,28?,29?,30?/m0/s1. The zero-order valence-corrected chi connectivity index (χ0v) is 21.1. The van der Waals surface area contributed by atoms with Crippen LogP contribution in [0.25, 0.3) is 0 Å². The van der Waals surface area contributed by atoms with E-state index in [4.69, 9.17) is 4.74 Å². The molecule has 7 nitrogen and oxygen atoms in total. The van der Waals surface area contributed by atoms with Gasteiger partial charge in [-0.15, -0.1) is 0 Å². The van der Waals surface area contributed by atoms with Crippen molar-refractivity contribution in [3.63, 3.8) is 0 Å². The smallest absolute Gasteiger partial charge is 0.221 e. The number of hydrogen-bond acceptors (Lipinski definition) is 6. The Bertz CT molecular complexity index is 1280. The van der Waals surface area contributed by atoms with Gasteiger partial charge in [-0.2, -0.15) is 0 Å². The van der Waals surface area contributed by atoms with Crippen LogP contribution in [0.3, 0.4) is 0 Å². The monoisotopic (exact) mass is 501 g/mol. The lowest BCUT2D eigenvalue weighted by atomic mass is 9.41. The first kappa shape index (κ1) is 22.4. The summed E-state index contributed by atoms with van der Waals surface area (Å²) in [5, 5.41) is 30.2. The van der Waals surface area contributed by atoms with Crippen molar-refractivity contribution in [2.24, 2.45) is 5.92 Å². The molecule has 4 N–H and O–H groups in total. The molecule has 3 saturated heterocycles. The fourth-order valence-corrected chi connectivity index (χ4v) is 8.94. The van der Waals surface area contributed by atoms with Crippen molar-refractivity contribution in [1.29, 1.82) is 0 Å². The number of fused-ring (bicyclic) bond motifs is 2. The maximum absolute atomic E-state index is 13.2. The number of amides is 1. The molecule has 4 heterocycles. The first-order chi connectivity index (χ1) is 17.9. The van der Waals surface area contributed by atoms with Crippen molar-refractivity contribution >= 4 is 5.91 Å². The van der Waals surface area contributed by atoms with Gasteiger partial charge in [-0.3, -0.25) is 9.69 Å². The number of benzene rings is 2. The predicted molar refractivity (Wildman–Crippen MR) is 137 cm³/mol. The van der Waals surface area contributed by atoms with Crippen LogP contribution >= 0.6 is 0 Å². The quantitative estimate of drug-likeness (QED) is 0.486. The summed E-state index contributed by atoms with van der Waals surface area (Å²) in [7, 11) is 0. The molecule has 9 rings (SSSR count). The summed E-state index contributed by atoms with van der Waals surface area (Å²) in [4.78, 5) is 15.9. The molecular formula is C30H35N3O4. The number of likely N-dealkylation sites (tertiary alicyclic amines) is 1. The molecule has 6 atom stereocenters. The fourth-order valence-electron chi connectivity index (χ4n) is 8.94. The van der Waals surface area contributed by atoms with E-state index in [-0.39, 0.29) is 35.1 Å². The van der Waals surface area contributed by atoms with Crippen LogP contribution in [0, 0.1) is 5.92 Å². The predicted octanol–water partition coefficient (Wildman–Crippen LogP) is 2.37. The maximum atomic E-state index is 13.2. The van der Waals surface area contributed by atoms with Gasteiger partial charge in [0, 0.05) is 42.7 Å². The molecule has 7 aliphatic rings. The summed E-state index contributed by atoms with van der Waals surface area (Å²) in [5.41, 5.74) is 1.57. The topological polar surface area (TPSA) is 94.1 Å². The van der Waals surface area contributed by atoms with Gasteiger partial charge in [-0.05, 0) is 68.2 Å². The Hall–Kier alpha value is -2.61. The number of phenolic OH excluding ortho intramolecular Hbond substituents is 1. The number of hydrogen-bond donors (Lipinski definition) is 4. The van der Waals surface area contributed by atoms with Gasteiger partial charge in [0.25, 0.3) is 0 Å². The van der Waals surface area contributed by atoms with Gasteiger partial charge >= 0.3 is 0 Å². The molecule has 37 heavy (non-hydrogen) atoms. The number of rotatable bonds is 6. The van der Waals surface area contributed by atoms with Crippen LogP contribution in [0.5, 0.6) is 11.5 Å². The van der Waals surface area contributed by atoms with Crippen LogP contribution in [-0.2, 0) is 23.2 Å². The van der Waals surface area contributed by atoms with E-state index < -0.39 is 17.7 Å². The van der Waals surface area contributed by atoms with Gasteiger partial charge in [-0.25, -0.2) is 0 Å². The lowest BCUT2D eigenvalue weighted by molar-refractivity contribution is -0.234. The normalized spacial score (nSPS) is 38.7. The zero-order chi connectivity index (χ0) is 25.0. The van der Waals surface area contributed by atoms with Crippen molar-refractivity contribution in [2.45, 2.75) is 86.2 Å². The van der Waals surface area contributed by atoms with E-state index in [0.29, 0.717) is 18.7 Å². The molecule has 0 aromatic heterocycles. The van der Waals surface area contributed by atoms with E-state index in [0.717, 1.165) is 49.4 Å². The van der Waals surface area contributed by atoms with Crippen LogP contribution in [-0.4, -0.2) is 63.4 Å². The van der Waals surface area contributed by atoms with Crippen molar-refractivity contribution in [3.8, 4) is 11.5 Å². The highest BCUT2D eigenvalue weighted by atomic mass is 16.5. The van der Waals surface area contributed by atoms with E-state index >= 15 is 0 Å². The highest BCUT2D eigenvalue weighted by Crippen LogP contribution is 2.69. The van der Waals surface area contributed by atoms with Crippen molar-refractivity contribution in [3.05, 3.63) is 59.2 Å². The number of aliphatic hydroxyl groups is 1. The van der Waals surface area contributed by atoms with E-state index in [9.17, 15) is 15.0 Å². The Kier molecular flexibility index (Phi) is 4.53. The molecule has 5 unspecified atom stereocenters. The second-order valence-corrected chi connectivity index (χ2v) is 12.5. The van der Waals surface area contributed by atoms with Gasteiger partial charge < -0.3 is 25.6 Å². The average Bonchev–Trinajstić information content (AvgIpc) is 3.64. The SMILES string of the molecule is O=C(C[C@@H]1NC23CCC1(O)C1Oc4c(O)ccc5c4C12CCN(CC1CC1)C3C5)NCc1ccccc1. The second-order valence-electron chi connectivity index (χ2n) is 12.5. The molecule has 2 spiro atoms. The Morgan fingerprint density at radius 3 is 2.78 bits per heavy atom. The first-order valence-corrected chi connectivity index (χ1v) is 14.0. The van der Waals surface area contributed by atoms with E-state index in [1.54, 1.807) is 6.07 Å². The number of piperidine rings is 3. The molecule has 2 aromatic carbocycles. The fraction of sp³-hybridized carbons (Fsp3) is 0.567. The number of carbonyl (C=O) groups is 1. The molecule has 2 saturated carbocycles. The second kappa shape index (κ2) is 7.49. The largest absolute Gasteiger partial charge is 0.504 e. The molecule has 2 aromatic rings. The molecule has 0 radical (unpaired) electrons. The van der Waals surface area contributed by atoms with E-state index in [2.05, 4.69) is 21.6 Å². The zero-order valence-electron chi connectivity index (χ0n) is 21.1. The van der Waals surface area contributed by atoms with Crippen molar-refractivity contribution in [1.82, 2.24) is 15.5 Å². The third-order valence-electron chi connectivity index (χ3n) is 10.7. The highest BCUT2D eigenvalue weighted by molar-refractivity contribution is 5.77. The maximum Gasteiger partial charge on any atom is 0.221 e. The summed E-state index contributed by atoms with van der Waals surface area (Å²) in [6.07, 6.45) is 5.63. The Balaban J connectivity index is 1.17. The minimum atomic E-state index is -1.19. The van der Waals surface area contributed by atoms with Crippen LogP contribution in [0.1, 0.15) is 55.2 Å². The van der Waals surface area contributed by atoms with Gasteiger partial charge in [0.15, 0.2) is 11.5 Å². The van der Waals surface area contributed by atoms with Gasteiger partial charge in [-0.1, -0.05) is 36.4 Å². The van der Waals surface area contributed by atoms with E-state index in [1.165, 1.54) is 18.4 Å². The van der Waals surface area contributed by atoms with Crippen molar-refractivity contribution < 1.29 is 19.7 Å². The Morgan fingerprint density at radius 2 is 1.97 bits per heavy atom. The average molecular weight is 502 g/mol. The number of nitrogens with zero attached hydrogens (tertiary/aromatic N) is 1. The van der Waals surface area contributed by atoms with Gasteiger partial charge in [0.2, 0.25) is 5.91 Å². The summed E-state index contributed by atoms with van der Waals surface area (Å²) >= 11 is 0. The Labute approximate surface area is 217 Å². The van der Waals surface area contributed by atoms with Crippen LogP contribution in [0.15, 0.2) is 42.5 Å². The third kappa shape index (κ3) is 2.85. The van der Waals surface area contributed by atoms with Gasteiger partial charge in [0.1, 0.15) is 11.7 Å². The van der Waals surface area contributed by atoms with Crippen LogP contribution in [0.2, 0.25) is 0 Å². The number of aromatic hydroxyl groups is 1. The summed E-state index contributed by atoms with van der Waals surface area (Å²) in [5.74, 6) is 1.46. The number of ether oxygens (including phenoxy) is 1. The number of carbonyl (C=O) groups excluding carboxylic acids is 1. The summed E-state index contributed by atoms with van der Waals surface area (Å²) in [6, 6.07) is 13.6. The molecule has 3 aliphatic carbocycles. The lowest BCUT2D eigenvalue weighted by Gasteiger charge is -2.73. The number of phenols is 1. The Morgan fingerprint density at radius 1 is 1.14 bits per heavy atom. The summed E-state index contributed by atoms with van der Waals surface area (Å²) < 4.78 is 6.62. The molecule has 4 bridgehead atoms.